The molecule has 5 nitrogen and oxygen atoms in total. The number of nitrogen functional groups attached to an aromatic ring is 1. The minimum atomic E-state index is -0.191. The number of carbonyl (C=O) groups is 1. The van der Waals surface area contributed by atoms with Gasteiger partial charge in [0.1, 0.15) is 17.5 Å². The maximum atomic E-state index is 11.6. The number of anilines is 2. The number of ketones is 1. The van der Waals surface area contributed by atoms with Gasteiger partial charge < -0.3 is 11.1 Å². The monoisotopic (exact) mass is 280 g/mol. The number of nitriles is 1. The Morgan fingerprint density at radius 1 is 1.38 bits per heavy atom. The smallest absolute Gasteiger partial charge is 0.163 e. The molecule has 0 fully saturated rings. The van der Waals surface area contributed by atoms with Crippen molar-refractivity contribution in [1.29, 1.82) is 5.26 Å². The molecule has 0 aliphatic carbocycles. The molecule has 0 aliphatic heterocycles. The molecule has 0 unspecified atom stereocenters. The van der Waals surface area contributed by atoms with E-state index in [-0.39, 0.29) is 17.0 Å². The van der Waals surface area contributed by atoms with Crippen LogP contribution < -0.4 is 11.1 Å². The van der Waals surface area contributed by atoms with Gasteiger partial charge >= 0.3 is 0 Å². The zero-order chi connectivity index (χ0) is 15.4. The van der Waals surface area contributed by atoms with Crippen molar-refractivity contribution in [1.82, 2.24) is 4.98 Å². The summed E-state index contributed by atoms with van der Waals surface area (Å²) in [7, 11) is 0. The number of nitrogens with zero attached hydrogens (tertiary/aromatic N) is 2. The predicted octanol–water partition coefficient (Wildman–Crippen LogP) is 2.66. The first-order valence-corrected chi connectivity index (χ1v) is 6.53. The van der Waals surface area contributed by atoms with Crippen LogP contribution in [-0.4, -0.2) is 10.8 Å². The van der Waals surface area contributed by atoms with Gasteiger partial charge in [-0.15, -0.1) is 0 Å². The summed E-state index contributed by atoms with van der Waals surface area (Å²) in [6, 6.07) is 11.8. The van der Waals surface area contributed by atoms with Crippen LogP contribution in [0.3, 0.4) is 0 Å². The van der Waals surface area contributed by atoms with Gasteiger partial charge in [0, 0.05) is 6.54 Å². The summed E-state index contributed by atoms with van der Waals surface area (Å²) in [5.41, 5.74) is 8.24. The summed E-state index contributed by atoms with van der Waals surface area (Å²) in [5, 5.41) is 12.4. The Morgan fingerprint density at radius 3 is 2.62 bits per heavy atom. The third kappa shape index (κ3) is 3.00. The molecule has 1 aromatic heterocycles. The SMILES string of the molecule is CC(=O)c1c(C)nc(NCc2ccccc2)c(C#N)c1N. The number of hydrogen-bond acceptors (Lipinski definition) is 5. The van der Waals surface area contributed by atoms with Gasteiger partial charge in [0.15, 0.2) is 5.78 Å². The van der Waals surface area contributed by atoms with Crippen LogP contribution in [0.5, 0.6) is 0 Å². The Labute approximate surface area is 123 Å². The van der Waals surface area contributed by atoms with Crippen LogP contribution in [0.4, 0.5) is 11.5 Å². The summed E-state index contributed by atoms with van der Waals surface area (Å²) in [4.78, 5) is 15.9. The van der Waals surface area contributed by atoms with Crippen molar-refractivity contribution in [2.24, 2.45) is 0 Å². The summed E-state index contributed by atoms with van der Waals surface area (Å²) in [6.45, 7) is 3.65. The van der Waals surface area contributed by atoms with E-state index in [9.17, 15) is 10.1 Å². The van der Waals surface area contributed by atoms with E-state index < -0.39 is 0 Å². The number of benzene rings is 1. The normalized spacial score (nSPS) is 9.95. The van der Waals surface area contributed by atoms with Gasteiger partial charge in [0.2, 0.25) is 0 Å². The van der Waals surface area contributed by atoms with E-state index in [1.54, 1.807) is 6.92 Å². The highest BCUT2D eigenvalue weighted by Gasteiger charge is 2.18. The van der Waals surface area contributed by atoms with Gasteiger partial charge in [0.25, 0.3) is 0 Å². The molecule has 0 amide bonds. The molecule has 2 rings (SSSR count). The van der Waals surface area contributed by atoms with Gasteiger partial charge in [-0.2, -0.15) is 5.26 Å². The third-order valence-electron chi connectivity index (χ3n) is 3.18. The molecule has 106 valence electrons. The van der Waals surface area contributed by atoms with E-state index >= 15 is 0 Å². The first-order chi connectivity index (χ1) is 10.0. The highest BCUT2D eigenvalue weighted by atomic mass is 16.1. The predicted molar refractivity (Wildman–Crippen MR) is 81.9 cm³/mol. The van der Waals surface area contributed by atoms with Crippen molar-refractivity contribution in [2.75, 3.05) is 11.1 Å². The van der Waals surface area contributed by atoms with Crippen molar-refractivity contribution >= 4 is 17.3 Å². The van der Waals surface area contributed by atoms with Gasteiger partial charge in [-0.1, -0.05) is 30.3 Å². The molecule has 0 radical (unpaired) electrons. The molecule has 1 aromatic carbocycles. The molecule has 2 aromatic rings. The van der Waals surface area contributed by atoms with E-state index in [1.165, 1.54) is 6.92 Å². The van der Waals surface area contributed by atoms with E-state index in [4.69, 9.17) is 5.73 Å². The Balaban J connectivity index is 2.36. The van der Waals surface area contributed by atoms with Crippen LogP contribution in [0.25, 0.3) is 0 Å². The average Bonchev–Trinajstić information content (AvgIpc) is 2.45. The lowest BCUT2D eigenvalue weighted by molar-refractivity contribution is 0.101. The fourth-order valence-corrected chi connectivity index (χ4v) is 2.19. The molecule has 0 saturated carbocycles. The maximum absolute atomic E-state index is 11.6. The summed E-state index contributed by atoms with van der Waals surface area (Å²) in [6.07, 6.45) is 0. The largest absolute Gasteiger partial charge is 0.397 e. The maximum Gasteiger partial charge on any atom is 0.163 e. The fourth-order valence-electron chi connectivity index (χ4n) is 2.19. The first kappa shape index (κ1) is 14.5. The Kier molecular flexibility index (Phi) is 4.19. The highest BCUT2D eigenvalue weighted by molar-refractivity contribution is 6.02. The minimum Gasteiger partial charge on any atom is -0.397 e. The molecule has 0 saturated heterocycles. The average molecular weight is 280 g/mol. The van der Waals surface area contributed by atoms with E-state index in [0.717, 1.165) is 5.56 Å². The Bertz CT molecular complexity index is 717. The Morgan fingerprint density at radius 2 is 2.05 bits per heavy atom. The lowest BCUT2D eigenvalue weighted by Gasteiger charge is -2.13. The number of aromatic nitrogens is 1. The second kappa shape index (κ2) is 6.06. The lowest BCUT2D eigenvalue weighted by Crippen LogP contribution is -2.12. The summed E-state index contributed by atoms with van der Waals surface area (Å²) in [5.74, 6) is 0.213. The summed E-state index contributed by atoms with van der Waals surface area (Å²) < 4.78 is 0. The molecule has 0 atom stereocenters. The number of pyridine rings is 1. The van der Waals surface area contributed by atoms with Crippen molar-refractivity contribution in [3.05, 3.63) is 52.7 Å². The quantitative estimate of drug-likeness (QED) is 0.840. The standard InChI is InChI=1S/C16H16N4O/c1-10-14(11(2)21)15(18)13(8-17)16(20-10)19-9-12-6-4-3-5-7-12/h3-7H,9H2,1-2H3,(H3,18,19,20). The van der Waals surface area contributed by atoms with E-state index in [2.05, 4.69) is 10.3 Å². The fraction of sp³-hybridized carbons (Fsp3) is 0.188. The molecule has 0 aliphatic rings. The molecule has 5 heteroatoms. The second-order valence-corrected chi connectivity index (χ2v) is 4.72. The van der Waals surface area contributed by atoms with Crippen LogP contribution in [0.2, 0.25) is 0 Å². The van der Waals surface area contributed by atoms with Crippen molar-refractivity contribution < 1.29 is 4.79 Å². The number of aryl methyl sites for hydroxylation is 1. The van der Waals surface area contributed by atoms with Crippen LogP contribution in [0.15, 0.2) is 30.3 Å². The number of hydrogen-bond donors (Lipinski definition) is 2. The van der Waals surface area contributed by atoms with Crippen molar-refractivity contribution in [3.8, 4) is 6.07 Å². The van der Waals surface area contributed by atoms with Gasteiger partial charge in [-0.05, 0) is 19.4 Å². The molecule has 21 heavy (non-hydrogen) atoms. The molecule has 1 heterocycles. The number of nitrogens with one attached hydrogen (secondary N) is 1. The second-order valence-electron chi connectivity index (χ2n) is 4.72. The molecule has 0 spiro atoms. The van der Waals surface area contributed by atoms with Gasteiger partial charge in [-0.25, -0.2) is 4.98 Å². The third-order valence-corrected chi connectivity index (χ3v) is 3.18. The minimum absolute atomic E-state index is 0.188. The van der Waals surface area contributed by atoms with Crippen molar-refractivity contribution in [3.63, 3.8) is 0 Å². The summed E-state index contributed by atoms with van der Waals surface area (Å²) >= 11 is 0. The zero-order valence-corrected chi connectivity index (χ0v) is 12.0. The van der Waals surface area contributed by atoms with E-state index in [0.29, 0.717) is 23.6 Å². The van der Waals surface area contributed by atoms with Gasteiger partial charge in [0.05, 0.1) is 16.9 Å². The molecule has 0 bridgehead atoms. The van der Waals surface area contributed by atoms with Gasteiger partial charge in [-0.3, -0.25) is 4.79 Å². The number of nitrogens with two attached hydrogens (primary N) is 1. The van der Waals surface area contributed by atoms with Crippen molar-refractivity contribution in [2.45, 2.75) is 20.4 Å². The first-order valence-electron chi connectivity index (χ1n) is 6.53. The molecular weight excluding hydrogens is 264 g/mol. The zero-order valence-electron chi connectivity index (χ0n) is 12.0. The lowest BCUT2D eigenvalue weighted by atomic mass is 10.0. The van der Waals surface area contributed by atoms with E-state index in [1.807, 2.05) is 36.4 Å². The molecule has 3 N–H and O–H groups in total. The van der Waals surface area contributed by atoms with Crippen LogP contribution in [0, 0.1) is 18.3 Å². The van der Waals surface area contributed by atoms with Crippen LogP contribution >= 0.6 is 0 Å². The molecular formula is C16H16N4O. The number of rotatable bonds is 4. The van der Waals surface area contributed by atoms with Crippen LogP contribution in [-0.2, 0) is 6.54 Å². The topological polar surface area (TPSA) is 91.8 Å². The highest BCUT2D eigenvalue weighted by Crippen LogP contribution is 2.26. The number of carbonyl (C=O) groups excluding carboxylic acids is 1. The van der Waals surface area contributed by atoms with Crippen LogP contribution in [0.1, 0.15) is 34.1 Å². The Hall–Kier alpha value is -2.87. The number of Topliss-reactive ketones (excluding diaryl/α,β-unsaturated/α-hetero) is 1.